The number of nitrogens with zero attached hydrogens (tertiary/aromatic N) is 2. The van der Waals surface area contributed by atoms with Crippen LogP contribution in [0.15, 0.2) is 76.6 Å². The summed E-state index contributed by atoms with van der Waals surface area (Å²) in [4.78, 5) is 8.08. The molecule has 1 aromatic heterocycles. The molecule has 0 bridgehead atoms. The summed E-state index contributed by atoms with van der Waals surface area (Å²) in [6.45, 7) is 0. The van der Waals surface area contributed by atoms with Gasteiger partial charge < -0.3 is 4.74 Å². The average molecular weight is 425 g/mol. The number of aliphatic imine (C=N–C) groups is 1. The number of sulfone groups is 1. The summed E-state index contributed by atoms with van der Waals surface area (Å²) in [6, 6.07) is 16.5. The molecule has 2 aromatic carbocycles. The van der Waals surface area contributed by atoms with E-state index in [2.05, 4.69) is 9.98 Å². The lowest BCUT2D eigenvalue weighted by atomic mass is 9.98. The Morgan fingerprint density at radius 2 is 1.83 bits per heavy atom. The zero-order chi connectivity index (χ0) is 19.9. The van der Waals surface area contributed by atoms with Crippen molar-refractivity contribution >= 4 is 37.6 Å². The number of para-hydroxylation sites is 1. The van der Waals surface area contributed by atoms with Gasteiger partial charge in [0.25, 0.3) is 5.19 Å². The largest absolute Gasteiger partial charge is 0.467 e. The van der Waals surface area contributed by atoms with Crippen LogP contribution in [0.25, 0.3) is 10.2 Å². The Balaban J connectivity index is 1.40. The summed E-state index contributed by atoms with van der Waals surface area (Å²) in [6.07, 6.45) is 7.17. The smallest absolute Gasteiger partial charge is 0.274 e. The summed E-state index contributed by atoms with van der Waals surface area (Å²) in [7, 11) is -3.65. The minimum Gasteiger partial charge on any atom is -0.467 e. The maximum atomic E-state index is 13.5. The van der Waals surface area contributed by atoms with E-state index in [9.17, 15) is 8.42 Å². The van der Waals surface area contributed by atoms with Crippen LogP contribution in [-0.2, 0) is 9.84 Å². The number of benzene rings is 2. The van der Waals surface area contributed by atoms with Crippen molar-refractivity contribution in [2.45, 2.75) is 35.1 Å². The first kappa shape index (κ1) is 18.5. The fourth-order valence-corrected chi connectivity index (χ4v) is 7.14. The van der Waals surface area contributed by atoms with Gasteiger partial charge in [0.2, 0.25) is 9.84 Å². The van der Waals surface area contributed by atoms with Crippen LogP contribution in [0.1, 0.15) is 19.3 Å². The quantitative estimate of drug-likeness (QED) is 0.598. The molecule has 0 saturated heterocycles. The molecule has 3 unspecified atom stereocenters. The molecule has 0 N–H and O–H groups in total. The third-order valence-corrected chi connectivity index (χ3v) is 8.95. The molecule has 1 aliphatic carbocycles. The topological polar surface area (TPSA) is 68.6 Å². The SMILES string of the molecule is O=S(=O)(c1ccccc1)C1(C2CCC(Oc3nc4ccccc4s3)C2)C=CC=N1. The Morgan fingerprint density at radius 1 is 1.03 bits per heavy atom. The van der Waals surface area contributed by atoms with E-state index in [1.165, 1.54) is 11.3 Å². The van der Waals surface area contributed by atoms with Gasteiger partial charge in [-0.05, 0) is 55.7 Å². The molecule has 148 valence electrons. The van der Waals surface area contributed by atoms with E-state index < -0.39 is 14.7 Å². The van der Waals surface area contributed by atoms with Gasteiger partial charge in [0.1, 0.15) is 6.10 Å². The monoisotopic (exact) mass is 424 g/mol. The molecule has 0 radical (unpaired) electrons. The first-order valence-electron chi connectivity index (χ1n) is 9.63. The molecule has 0 amide bonds. The van der Waals surface area contributed by atoms with Gasteiger partial charge >= 0.3 is 0 Å². The second kappa shape index (κ2) is 7.07. The molecular weight excluding hydrogens is 404 g/mol. The van der Waals surface area contributed by atoms with E-state index in [0.29, 0.717) is 16.5 Å². The highest BCUT2D eigenvalue weighted by atomic mass is 32.2. The van der Waals surface area contributed by atoms with Gasteiger partial charge in [0.15, 0.2) is 4.87 Å². The molecule has 7 heteroatoms. The van der Waals surface area contributed by atoms with Crippen LogP contribution in [0.2, 0.25) is 0 Å². The normalized spacial score (nSPS) is 26.3. The zero-order valence-electron chi connectivity index (χ0n) is 15.6. The van der Waals surface area contributed by atoms with Gasteiger partial charge in [0, 0.05) is 12.1 Å². The summed E-state index contributed by atoms with van der Waals surface area (Å²) in [5.74, 6) is -0.137. The maximum absolute atomic E-state index is 13.5. The molecule has 1 saturated carbocycles. The average Bonchev–Trinajstić information content (AvgIpc) is 3.48. The van der Waals surface area contributed by atoms with Crippen molar-refractivity contribution in [3.63, 3.8) is 0 Å². The summed E-state index contributed by atoms with van der Waals surface area (Å²) < 4.78 is 34.3. The van der Waals surface area contributed by atoms with Crippen LogP contribution in [-0.4, -0.2) is 30.6 Å². The lowest BCUT2D eigenvalue weighted by Gasteiger charge is -2.30. The minimum atomic E-state index is -3.65. The Hall–Kier alpha value is -2.51. The van der Waals surface area contributed by atoms with E-state index in [0.717, 1.165) is 23.1 Å². The Bertz CT molecular complexity index is 1150. The fourth-order valence-electron chi connectivity index (χ4n) is 4.26. The molecule has 1 aliphatic heterocycles. The minimum absolute atomic E-state index is 0.0624. The number of hydrogen-bond donors (Lipinski definition) is 0. The van der Waals surface area contributed by atoms with Gasteiger partial charge in [-0.1, -0.05) is 41.7 Å². The van der Waals surface area contributed by atoms with Gasteiger partial charge in [-0.3, -0.25) is 4.99 Å². The molecule has 3 aromatic rings. The first-order chi connectivity index (χ1) is 14.1. The van der Waals surface area contributed by atoms with E-state index >= 15 is 0 Å². The number of hydrogen-bond acceptors (Lipinski definition) is 6. The van der Waals surface area contributed by atoms with Crippen molar-refractivity contribution in [3.8, 4) is 5.19 Å². The van der Waals surface area contributed by atoms with Crippen LogP contribution in [0.4, 0.5) is 0 Å². The van der Waals surface area contributed by atoms with E-state index in [1.807, 2.05) is 30.3 Å². The summed E-state index contributed by atoms with van der Waals surface area (Å²) in [5, 5.41) is 0.641. The maximum Gasteiger partial charge on any atom is 0.274 e. The summed E-state index contributed by atoms with van der Waals surface area (Å²) >= 11 is 1.52. The fraction of sp³-hybridized carbons (Fsp3) is 0.273. The molecule has 5 nitrogen and oxygen atoms in total. The second-order valence-electron chi connectivity index (χ2n) is 7.40. The van der Waals surface area contributed by atoms with Gasteiger partial charge in [-0.25, -0.2) is 13.4 Å². The zero-order valence-corrected chi connectivity index (χ0v) is 17.3. The third kappa shape index (κ3) is 3.09. The molecular formula is C22H20N2O3S2. The highest BCUT2D eigenvalue weighted by Crippen LogP contribution is 2.46. The van der Waals surface area contributed by atoms with Gasteiger partial charge in [0.05, 0.1) is 15.1 Å². The Kier molecular flexibility index (Phi) is 4.52. The van der Waals surface area contributed by atoms with E-state index in [1.54, 1.807) is 42.6 Å². The van der Waals surface area contributed by atoms with Crippen LogP contribution in [0.5, 0.6) is 5.19 Å². The molecule has 1 fully saturated rings. The van der Waals surface area contributed by atoms with Crippen LogP contribution in [0, 0.1) is 5.92 Å². The van der Waals surface area contributed by atoms with Crippen molar-refractivity contribution in [2.24, 2.45) is 10.9 Å². The van der Waals surface area contributed by atoms with Crippen molar-refractivity contribution in [1.82, 2.24) is 4.98 Å². The predicted molar refractivity (Wildman–Crippen MR) is 115 cm³/mol. The lowest BCUT2D eigenvalue weighted by molar-refractivity contribution is 0.201. The second-order valence-corrected chi connectivity index (χ2v) is 10.5. The molecule has 2 aliphatic rings. The highest BCUT2D eigenvalue weighted by molar-refractivity contribution is 7.93. The molecule has 29 heavy (non-hydrogen) atoms. The number of fused-ring (bicyclic) bond motifs is 1. The molecule has 3 atom stereocenters. The highest BCUT2D eigenvalue weighted by Gasteiger charge is 2.52. The number of aromatic nitrogens is 1. The summed E-state index contributed by atoms with van der Waals surface area (Å²) in [5.41, 5.74) is 0.925. The van der Waals surface area contributed by atoms with Crippen molar-refractivity contribution in [3.05, 3.63) is 66.7 Å². The standard InChI is InChI=1S/C22H20N2O3S2/c25-29(26,18-7-2-1-3-8-18)22(13-6-14-23-22)16-11-12-17(15-16)27-21-24-19-9-4-5-10-20(19)28-21/h1-10,13-14,16-17H,11-12,15H2. The van der Waals surface area contributed by atoms with E-state index in [-0.39, 0.29) is 12.0 Å². The van der Waals surface area contributed by atoms with Crippen molar-refractivity contribution in [1.29, 1.82) is 0 Å². The van der Waals surface area contributed by atoms with Gasteiger partial charge in [-0.15, -0.1) is 0 Å². The number of thiazole rings is 1. The molecule has 0 spiro atoms. The Labute approximate surface area is 173 Å². The third-order valence-electron chi connectivity index (χ3n) is 5.69. The Morgan fingerprint density at radius 3 is 2.59 bits per heavy atom. The molecule has 5 rings (SSSR count). The van der Waals surface area contributed by atoms with E-state index in [4.69, 9.17) is 4.74 Å². The van der Waals surface area contributed by atoms with Crippen LogP contribution in [0.3, 0.4) is 0 Å². The molecule has 2 heterocycles. The first-order valence-corrected chi connectivity index (χ1v) is 11.9. The number of rotatable bonds is 5. The van der Waals surface area contributed by atoms with Gasteiger partial charge in [-0.2, -0.15) is 0 Å². The van der Waals surface area contributed by atoms with Crippen molar-refractivity contribution in [2.75, 3.05) is 0 Å². The lowest BCUT2D eigenvalue weighted by Crippen LogP contribution is -2.40. The number of allylic oxidation sites excluding steroid dienone is 1. The van der Waals surface area contributed by atoms with Crippen LogP contribution < -0.4 is 4.74 Å². The van der Waals surface area contributed by atoms with Crippen molar-refractivity contribution < 1.29 is 13.2 Å². The predicted octanol–water partition coefficient (Wildman–Crippen LogP) is 4.65. The van der Waals surface area contributed by atoms with Crippen LogP contribution >= 0.6 is 11.3 Å². The number of ether oxygens (including phenoxy) is 1.